The van der Waals surface area contributed by atoms with Crippen LogP contribution in [0.4, 0.5) is 0 Å². The van der Waals surface area contributed by atoms with Crippen LogP contribution >= 0.6 is 11.6 Å². The van der Waals surface area contributed by atoms with E-state index in [1.165, 1.54) is 0 Å². The predicted molar refractivity (Wildman–Crippen MR) is 99.9 cm³/mol. The highest BCUT2D eigenvalue weighted by molar-refractivity contribution is 6.31. The van der Waals surface area contributed by atoms with Crippen molar-refractivity contribution in [2.75, 3.05) is 6.54 Å². The Kier molecular flexibility index (Phi) is 3.71. The molecule has 134 valence electrons. The van der Waals surface area contributed by atoms with Gasteiger partial charge in [-0.25, -0.2) is 0 Å². The van der Waals surface area contributed by atoms with Crippen LogP contribution in [0.25, 0.3) is 10.9 Å². The van der Waals surface area contributed by atoms with Crippen molar-refractivity contribution in [3.05, 3.63) is 35.0 Å². The number of H-pyrrole nitrogens is 1. The molecule has 4 nitrogen and oxygen atoms in total. The Morgan fingerprint density at radius 3 is 2.84 bits per heavy atom. The SMILES string of the molecule is CC1(C)C[C@@H]2C[C@@](C)(CN2[C@H](C(=O)O)c2c[nH]c3cc(Cl)ccc23)C1. The Labute approximate surface area is 153 Å². The first kappa shape index (κ1) is 16.9. The molecule has 2 N–H and O–H groups in total. The molecule has 2 aliphatic rings. The van der Waals surface area contributed by atoms with Crippen molar-refractivity contribution < 1.29 is 9.90 Å². The number of likely N-dealkylation sites (tertiary alicyclic amines) is 1. The third kappa shape index (κ3) is 2.85. The van der Waals surface area contributed by atoms with Gasteiger partial charge in [0.2, 0.25) is 0 Å². The van der Waals surface area contributed by atoms with E-state index < -0.39 is 12.0 Å². The smallest absolute Gasteiger partial charge is 0.325 e. The van der Waals surface area contributed by atoms with E-state index in [4.69, 9.17) is 11.6 Å². The maximum atomic E-state index is 12.3. The first-order valence-electron chi connectivity index (χ1n) is 8.93. The van der Waals surface area contributed by atoms with Gasteiger partial charge in [-0.15, -0.1) is 0 Å². The van der Waals surface area contributed by atoms with Crippen LogP contribution in [0.1, 0.15) is 51.6 Å². The number of carboxylic acid groups (broad SMARTS) is 1. The highest BCUT2D eigenvalue weighted by Gasteiger charge is 2.52. The average Bonchev–Trinajstić information content (AvgIpc) is 2.97. The number of halogens is 1. The van der Waals surface area contributed by atoms with Crippen molar-refractivity contribution in [2.24, 2.45) is 10.8 Å². The van der Waals surface area contributed by atoms with Crippen molar-refractivity contribution >= 4 is 28.5 Å². The number of carbonyl (C=O) groups is 1. The van der Waals surface area contributed by atoms with E-state index in [0.717, 1.165) is 42.3 Å². The molecule has 1 aliphatic carbocycles. The summed E-state index contributed by atoms with van der Waals surface area (Å²) in [6, 6.07) is 5.31. The fraction of sp³-hybridized carbons (Fsp3) is 0.550. The summed E-state index contributed by atoms with van der Waals surface area (Å²) in [5.74, 6) is -0.773. The largest absolute Gasteiger partial charge is 0.480 e. The number of hydrogen-bond donors (Lipinski definition) is 2. The number of carboxylic acids is 1. The quantitative estimate of drug-likeness (QED) is 0.822. The van der Waals surface area contributed by atoms with E-state index in [-0.39, 0.29) is 10.8 Å². The minimum absolute atomic E-state index is 0.204. The van der Waals surface area contributed by atoms with Gasteiger partial charge in [0.25, 0.3) is 0 Å². The Morgan fingerprint density at radius 2 is 2.12 bits per heavy atom. The van der Waals surface area contributed by atoms with Gasteiger partial charge in [0, 0.05) is 40.3 Å². The van der Waals surface area contributed by atoms with E-state index in [1.807, 2.05) is 24.4 Å². The van der Waals surface area contributed by atoms with Gasteiger partial charge in [0.1, 0.15) is 6.04 Å². The Hall–Kier alpha value is -1.52. The zero-order valence-electron chi connectivity index (χ0n) is 15.0. The average molecular weight is 361 g/mol. The van der Waals surface area contributed by atoms with E-state index in [1.54, 1.807) is 0 Å². The predicted octanol–water partition coefficient (Wildman–Crippen LogP) is 4.85. The lowest BCUT2D eigenvalue weighted by molar-refractivity contribution is -0.144. The van der Waals surface area contributed by atoms with Crippen LogP contribution in [0, 0.1) is 10.8 Å². The molecule has 1 aromatic heterocycles. The van der Waals surface area contributed by atoms with Crippen molar-refractivity contribution in [3.63, 3.8) is 0 Å². The summed E-state index contributed by atoms with van der Waals surface area (Å²) < 4.78 is 0. The van der Waals surface area contributed by atoms with E-state index in [9.17, 15) is 9.90 Å². The van der Waals surface area contributed by atoms with Crippen LogP contribution < -0.4 is 0 Å². The van der Waals surface area contributed by atoms with Crippen molar-refractivity contribution in [3.8, 4) is 0 Å². The number of hydrogen-bond acceptors (Lipinski definition) is 2. The number of aromatic nitrogens is 1. The van der Waals surface area contributed by atoms with Crippen LogP contribution in [0.15, 0.2) is 24.4 Å². The maximum Gasteiger partial charge on any atom is 0.325 e. The van der Waals surface area contributed by atoms with Gasteiger partial charge >= 0.3 is 5.97 Å². The highest BCUT2D eigenvalue weighted by atomic mass is 35.5. The lowest BCUT2D eigenvalue weighted by Gasteiger charge is -2.40. The van der Waals surface area contributed by atoms with Crippen LogP contribution in [0.5, 0.6) is 0 Å². The molecule has 4 rings (SSSR count). The zero-order chi connectivity index (χ0) is 18.0. The normalized spacial score (nSPS) is 29.8. The van der Waals surface area contributed by atoms with E-state index in [0.29, 0.717) is 11.1 Å². The van der Waals surface area contributed by atoms with Gasteiger partial charge in [-0.05, 0) is 42.2 Å². The van der Waals surface area contributed by atoms with Crippen LogP contribution in [-0.2, 0) is 4.79 Å². The second-order valence-corrected chi connectivity index (χ2v) is 9.50. The summed E-state index contributed by atoms with van der Waals surface area (Å²) >= 11 is 6.07. The minimum Gasteiger partial charge on any atom is -0.480 e. The fourth-order valence-corrected chi connectivity index (χ4v) is 5.78. The van der Waals surface area contributed by atoms with Gasteiger partial charge in [-0.3, -0.25) is 9.69 Å². The molecule has 1 saturated heterocycles. The second-order valence-electron chi connectivity index (χ2n) is 9.06. The van der Waals surface area contributed by atoms with Crippen LogP contribution in [0.2, 0.25) is 5.02 Å². The lowest BCUT2D eigenvalue weighted by Crippen LogP contribution is -2.39. The van der Waals surface area contributed by atoms with E-state index in [2.05, 4.69) is 30.7 Å². The molecule has 0 amide bonds. The molecule has 0 unspecified atom stereocenters. The summed E-state index contributed by atoms with van der Waals surface area (Å²) in [6.07, 6.45) is 5.15. The molecule has 2 fully saturated rings. The monoisotopic (exact) mass is 360 g/mol. The molecular formula is C20H25ClN2O2. The maximum absolute atomic E-state index is 12.3. The number of benzene rings is 1. The molecule has 1 saturated carbocycles. The molecule has 25 heavy (non-hydrogen) atoms. The molecule has 0 radical (unpaired) electrons. The number of aliphatic carboxylic acids is 1. The molecule has 0 spiro atoms. The Balaban J connectivity index is 1.76. The van der Waals surface area contributed by atoms with Gasteiger partial charge in [-0.2, -0.15) is 0 Å². The van der Waals surface area contributed by atoms with Gasteiger partial charge < -0.3 is 10.1 Å². The third-order valence-electron chi connectivity index (χ3n) is 5.99. The van der Waals surface area contributed by atoms with Crippen LogP contribution in [0.3, 0.4) is 0 Å². The summed E-state index contributed by atoms with van der Waals surface area (Å²) in [5.41, 5.74) is 2.20. The number of fused-ring (bicyclic) bond motifs is 3. The topological polar surface area (TPSA) is 56.3 Å². The summed E-state index contributed by atoms with van der Waals surface area (Å²) in [5, 5.41) is 11.7. The molecule has 2 aromatic rings. The van der Waals surface area contributed by atoms with Gasteiger partial charge in [0.15, 0.2) is 0 Å². The Bertz CT molecular complexity index is 843. The molecule has 5 heteroatoms. The first-order valence-corrected chi connectivity index (χ1v) is 9.30. The van der Waals surface area contributed by atoms with Gasteiger partial charge in [-0.1, -0.05) is 38.4 Å². The highest BCUT2D eigenvalue weighted by Crippen LogP contribution is 2.54. The molecule has 1 aliphatic heterocycles. The Morgan fingerprint density at radius 1 is 1.36 bits per heavy atom. The van der Waals surface area contributed by atoms with Crippen LogP contribution in [-0.4, -0.2) is 33.5 Å². The molecule has 3 atom stereocenters. The fourth-order valence-electron chi connectivity index (χ4n) is 5.61. The number of nitrogens with zero attached hydrogens (tertiary/aromatic N) is 1. The van der Waals surface area contributed by atoms with Crippen molar-refractivity contribution in [1.29, 1.82) is 0 Å². The standard InChI is InChI=1S/C20H25ClN2O2/c1-19(2)7-13-8-20(3,10-19)11-23(13)17(18(24)25)15-9-22-16-6-12(21)4-5-14(15)16/h4-6,9,13,17,22H,7-8,10-11H2,1-3H3,(H,24,25)/t13-,17+,20-/m1/s1. The number of rotatable bonds is 3. The minimum atomic E-state index is -0.773. The molecule has 1 aromatic carbocycles. The number of aromatic amines is 1. The summed E-state index contributed by atoms with van der Waals surface area (Å²) in [4.78, 5) is 17.7. The third-order valence-corrected chi connectivity index (χ3v) is 6.23. The second kappa shape index (κ2) is 5.49. The number of nitrogens with one attached hydrogen (secondary N) is 1. The zero-order valence-corrected chi connectivity index (χ0v) is 15.7. The summed E-state index contributed by atoms with van der Waals surface area (Å²) in [6.45, 7) is 7.78. The molecular weight excluding hydrogens is 336 g/mol. The van der Waals surface area contributed by atoms with E-state index >= 15 is 0 Å². The van der Waals surface area contributed by atoms with Crippen molar-refractivity contribution in [2.45, 2.75) is 52.1 Å². The van der Waals surface area contributed by atoms with Crippen molar-refractivity contribution in [1.82, 2.24) is 9.88 Å². The first-order chi connectivity index (χ1) is 11.7. The molecule has 2 heterocycles. The summed E-state index contributed by atoms with van der Waals surface area (Å²) in [7, 11) is 0. The lowest BCUT2D eigenvalue weighted by atomic mass is 9.65. The van der Waals surface area contributed by atoms with Gasteiger partial charge in [0.05, 0.1) is 0 Å². The molecule has 2 bridgehead atoms.